The Morgan fingerprint density at radius 2 is 2.11 bits per heavy atom. The Morgan fingerprint density at radius 3 is 2.79 bits per heavy atom. The minimum absolute atomic E-state index is 0.0481. The van der Waals surface area contributed by atoms with Crippen LogP contribution in [0.5, 0.6) is 0 Å². The van der Waals surface area contributed by atoms with Crippen LogP contribution in [0, 0.1) is 18.2 Å². The smallest absolute Gasteiger partial charge is 0.141 e. The van der Waals surface area contributed by atoms with Crippen LogP contribution in [0.2, 0.25) is 5.02 Å². The van der Waals surface area contributed by atoms with Crippen molar-refractivity contribution in [3.05, 3.63) is 64.9 Å². The summed E-state index contributed by atoms with van der Waals surface area (Å²) in [5, 5.41) is 8.75. The lowest BCUT2D eigenvalue weighted by atomic mass is 10.1. The van der Waals surface area contributed by atoms with Crippen LogP contribution in [-0.4, -0.2) is 25.2 Å². The number of nitrogens with zero attached hydrogens (tertiary/aromatic N) is 3. The van der Waals surface area contributed by atoms with Gasteiger partial charge in [0.25, 0.3) is 0 Å². The first-order valence-electron chi connectivity index (χ1n) is 9.34. The van der Waals surface area contributed by atoms with Gasteiger partial charge in [-0.05, 0) is 50.1 Å². The van der Waals surface area contributed by atoms with Gasteiger partial charge < -0.3 is 9.55 Å². The van der Waals surface area contributed by atoms with E-state index in [4.69, 9.17) is 17.0 Å². The van der Waals surface area contributed by atoms with E-state index in [2.05, 4.69) is 19.5 Å². The molecule has 1 aliphatic carbocycles. The molecule has 2 heterocycles. The van der Waals surface area contributed by atoms with Gasteiger partial charge in [-0.25, -0.2) is 14.4 Å². The molecule has 1 aromatic carbocycles. The van der Waals surface area contributed by atoms with Gasteiger partial charge in [0.05, 0.1) is 28.4 Å². The number of nitrogens with one attached hydrogen (secondary N) is 2. The van der Waals surface area contributed by atoms with E-state index in [1.165, 1.54) is 18.9 Å². The van der Waals surface area contributed by atoms with Gasteiger partial charge in [0, 0.05) is 23.5 Å². The summed E-state index contributed by atoms with van der Waals surface area (Å²) in [5.74, 6) is 0.228. The van der Waals surface area contributed by atoms with E-state index in [9.17, 15) is 4.39 Å². The monoisotopic (exact) mass is 397 g/mol. The summed E-state index contributed by atoms with van der Waals surface area (Å²) in [7, 11) is 0. The predicted molar refractivity (Wildman–Crippen MR) is 109 cm³/mol. The van der Waals surface area contributed by atoms with Crippen LogP contribution in [-0.2, 0) is 0 Å². The Morgan fingerprint density at radius 1 is 1.32 bits per heavy atom. The highest BCUT2D eigenvalue weighted by atomic mass is 35.5. The first-order valence-corrected chi connectivity index (χ1v) is 9.71. The molecule has 7 heteroatoms. The van der Waals surface area contributed by atoms with Crippen molar-refractivity contribution in [2.24, 2.45) is 0 Å². The summed E-state index contributed by atoms with van der Waals surface area (Å²) in [6.45, 7) is 1.93. The molecular formula is C21H21ClFN5. The number of aromatic amines is 1. The third-order valence-corrected chi connectivity index (χ3v) is 5.38. The van der Waals surface area contributed by atoms with Gasteiger partial charge in [0.2, 0.25) is 0 Å². The topological polar surface area (TPSA) is 70.3 Å². The zero-order valence-corrected chi connectivity index (χ0v) is 16.3. The number of rotatable bonds is 5. The van der Waals surface area contributed by atoms with Crippen LogP contribution in [0.25, 0.3) is 17.3 Å². The van der Waals surface area contributed by atoms with E-state index in [0.717, 1.165) is 18.5 Å². The number of H-pyrrole nitrogens is 1. The minimum atomic E-state index is -0.467. The van der Waals surface area contributed by atoms with Crippen LogP contribution in [0.15, 0.2) is 36.8 Å². The zero-order valence-electron chi connectivity index (χ0n) is 15.5. The Hall–Kier alpha value is -2.73. The SMILES string of the molecule is Cc1cnc(/C=C\C(=N)c2c(-c3ccc(F)c(Cl)c3)ncn2C2CCCC2)[nH]1. The fourth-order valence-electron chi connectivity index (χ4n) is 3.70. The highest BCUT2D eigenvalue weighted by Gasteiger charge is 2.24. The molecule has 1 aliphatic rings. The van der Waals surface area contributed by atoms with Gasteiger partial charge in [0.1, 0.15) is 11.6 Å². The van der Waals surface area contributed by atoms with Crippen molar-refractivity contribution < 1.29 is 4.39 Å². The highest BCUT2D eigenvalue weighted by Crippen LogP contribution is 2.34. The summed E-state index contributed by atoms with van der Waals surface area (Å²) >= 11 is 5.98. The molecule has 0 amide bonds. The lowest BCUT2D eigenvalue weighted by Crippen LogP contribution is -2.12. The standard InChI is InChI=1S/C21H21ClFN5/c1-13-11-25-19(27-13)9-8-18(24)21-20(14-6-7-17(23)16(22)10-14)26-12-28(21)15-4-2-3-5-15/h6-12,15,24H,2-5H2,1H3,(H,25,27)/b9-8-,24-18?. The van der Waals surface area contributed by atoms with E-state index in [1.54, 1.807) is 36.8 Å². The van der Waals surface area contributed by atoms with Crippen molar-refractivity contribution in [1.29, 1.82) is 5.41 Å². The quantitative estimate of drug-likeness (QED) is 0.552. The maximum Gasteiger partial charge on any atom is 0.141 e. The van der Waals surface area contributed by atoms with Gasteiger partial charge in [-0.15, -0.1) is 0 Å². The largest absolute Gasteiger partial charge is 0.343 e. The second-order valence-corrected chi connectivity index (χ2v) is 7.52. The third-order valence-electron chi connectivity index (χ3n) is 5.09. The molecule has 0 spiro atoms. The van der Waals surface area contributed by atoms with Crippen molar-refractivity contribution in [2.75, 3.05) is 0 Å². The Bertz CT molecular complexity index is 1040. The van der Waals surface area contributed by atoms with Crippen LogP contribution in [0.3, 0.4) is 0 Å². The molecule has 0 aliphatic heterocycles. The number of benzene rings is 1. The number of aryl methyl sites for hydroxylation is 1. The molecule has 2 N–H and O–H groups in total. The molecule has 0 radical (unpaired) electrons. The molecule has 0 unspecified atom stereocenters. The average molecular weight is 398 g/mol. The second-order valence-electron chi connectivity index (χ2n) is 7.11. The van der Waals surface area contributed by atoms with E-state index in [0.29, 0.717) is 34.5 Å². The van der Waals surface area contributed by atoms with Gasteiger partial charge in [0.15, 0.2) is 0 Å². The van der Waals surface area contributed by atoms with Gasteiger partial charge in [-0.2, -0.15) is 0 Å². The molecule has 2 aromatic heterocycles. The summed E-state index contributed by atoms with van der Waals surface area (Å²) < 4.78 is 15.7. The van der Waals surface area contributed by atoms with E-state index in [1.807, 2.05) is 6.92 Å². The second kappa shape index (κ2) is 7.72. The molecule has 4 rings (SSSR count). The van der Waals surface area contributed by atoms with Gasteiger partial charge >= 0.3 is 0 Å². The summed E-state index contributed by atoms with van der Waals surface area (Å²) in [5.41, 5.74) is 3.34. The average Bonchev–Trinajstić information content (AvgIpc) is 3.41. The molecule has 1 fully saturated rings. The van der Waals surface area contributed by atoms with Crippen LogP contribution in [0.1, 0.15) is 48.9 Å². The van der Waals surface area contributed by atoms with E-state index < -0.39 is 5.82 Å². The normalized spacial score (nSPS) is 15.0. The maximum atomic E-state index is 13.6. The van der Waals surface area contributed by atoms with Gasteiger partial charge in [-0.1, -0.05) is 24.4 Å². The van der Waals surface area contributed by atoms with Crippen LogP contribution < -0.4 is 0 Å². The van der Waals surface area contributed by atoms with Crippen LogP contribution in [0.4, 0.5) is 4.39 Å². The molecular weight excluding hydrogens is 377 g/mol. The first-order chi connectivity index (χ1) is 13.5. The van der Waals surface area contributed by atoms with Crippen molar-refractivity contribution in [1.82, 2.24) is 19.5 Å². The number of imidazole rings is 2. The molecule has 5 nitrogen and oxygen atoms in total. The summed E-state index contributed by atoms with van der Waals surface area (Å²) in [6.07, 6.45) is 11.5. The number of aromatic nitrogens is 4. The van der Waals surface area contributed by atoms with Crippen molar-refractivity contribution in [2.45, 2.75) is 38.6 Å². The van der Waals surface area contributed by atoms with Crippen molar-refractivity contribution >= 4 is 23.4 Å². The lowest BCUT2D eigenvalue weighted by molar-refractivity contribution is 0.515. The van der Waals surface area contributed by atoms with E-state index >= 15 is 0 Å². The number of allylic oxidation sites excluding steroid dienone is 1. The molecule has 144 valence electrons. The maximum absolute atomic E-state index is 13.6. The number of halogens is 2. The molecule has 1 saturated carbocycles. The lowest BCUT2D eigenvalue weighted by Gasteiger charge is -2.16. The number of hydrogen-bond donors (Lipinski definition) is 2. The minimum Gasteiger partial charge on any atom is -0.343 e. The highest BCUT2D eigenvalue weighted by molar-refractivity contribution is 6.31. The molecule has 3 aromatic rings. The molecule has 0 atom stereocenters. The zero-order chi connectivity index (χ0) is 19.7. The summed E-state index contributed by atoms with van der Waals surface area (Å²) in [6, 6.07) is 4.88. The van der Waals surface area contributed by atoms with E-state index in [-0.39, 0.29) is 5.02 Å². The van der Waals surface area contributed by atoms with Crippen LogP contribution >= 0.6 is 11.6 Å². The predicted octanol–water partition coefficient (Wildman–Crippen LogP) is 5.57. The van der Waals surface area contributed by atoms with Crippen molar-refractivity contribution in [3.63, 3.8) is 0 Å². The van der Waals surface area contributed by atoms with Crippen molar-refractivity contribution in [3.8, 4) is 11.3 Å². The summed E-state index contributed by atoms with van der Waals surface area (Å²) in [4.78, 5) is 11.9. The number of hydrogen-bond acceptors (Lipinski definition) is 3. The first kappa shape index (κ1) is 18.6. The fourth-order valence-corrected chi connectivity index (χ4v) is 3.88. The Kier molecular flexibility index (Phi) is 5.13. The molecule has 0 bridgehead atoms. The fraction of sp³-hybridized carbons (Fsp3) is 0.286. The molecule has 0 saturated heterocycles. The Balaban J connectivity index is 1.75. The molecule has 28 heavy (non-hydrogen) atoms. The third kappa shape index (κ3) is 3.64. The Labute approximate surface area is 167 Å². The van der Waals surface area contributed by atoms with Gasteiger partial charge in [-0.3, -0.25) is 5.41 Å².